The van der Waals surface area contributed by atoms with Gasteiger partial charge in [-0.1, -0.05) is 0 Å². The molecule has 1 aliphatic heterocycles. The van der Waals surface area contributed by atoms with E-state index in [1.807, 2.05) is 18.8 Å². The largest absolute Gasteiger partial charge is 0.378 e. The molecule has 0 radical (unpaired) electrons. The standard InChI is InChI=1S/C13H16N4/c1-16(2)11-3-5-12(6-4-11)17-9-10-7-14-8-13(10)15-17/h3-6,9,14H,7-8H2,1-2H3. The van der Waals surface area contributed by atoms with Gasteiger partial charge < -0.3 is 10.2 Å². The molecule has 0 unspecified atom stereocenters. The minimum atomic E-state index is 0.887. The third-order valence-electron chi connectivity index (χ3n) is 3.12. The van der Waals surface area contributed by atoms with E-state index in [-0.39, 0.29) is 0 Å². The maximum atomic E-state index is 4.58. The number of fused-ring (bicyclic) bond motifs is 1. The Bertz CT molecular complexity index is 503. The Morgan fingerprint density at radius 2 is 1.94 bits per heavy atom. The zero-order valence-corrected chi connectivity index (χ0v) is 10.1. The minimum absolute atomic E-state index is 0.887. The number of benzene rings is 1. The number of hydrogen-bond acceptors (Lipinski definition) is 3. The van der Waals surface area contributed by atoms with Crippen LogP contribution in [0.3, 0.4) is 0 Å². The topological polar surface area (TPSA) is 33.1 Å². The van der Waals surface area contributed by atoms with Crippen molar-refractivity contribution in [3.05, 3.63) is 41.7 Å². The second-order valence-electron chi connectivity index (χ2n) is 4.56. The lowest BCUT2D eigenvalue weighted by molar-refractivity contribution is 0.721. The number of nitrogens with zero attached hydrogens (tertiary/aromatic N) is 3. The van der Waals surface area contributed by atoms with E-state index in [9.17, 15) is 0 Å². The van der Waals surface area contributed by atoms with Gasteiger partial charge in [0, 0.05) is 44.6 Å². The lowest BCUT2D eigenvalue weighted by atomic mass is 10.2. The average Bonchev–Trinajstić information content (AvgIpc) is 2.89. The van der Waals surface area contributed by atoms with Crippen LogP contribution >= 0.6 is 0 Å². The van der Waals surface area contributed by atoms with E-state index >= 15 is 0 Å². The van der Waals surface area contributed by atoms with Crippen molar-refractivity contribution in [2.75, 3.05) is 19.0 Å². The van der Waals surface area contributed by atoms with Gasteiger partial charge in [0.15, 0.2) is 0 Å². The smallest absolute Gasteiger partial charge is 0.0811 e. The molecule has 0 aliphatic carbocycles. The summed E-state index contributed by atoms with van der Waals surface area (Å²) in [6, 6.07) is 8.43. The molecule has 1 aromatic carbocycles. The molecule has 4 nitrogen and oxygen atoms in total. The van der Waals surface area contributed by atoms with Gasteiger partial charge in [-0.15, -0.1) is 0 Å². The number of hydrogen-bond donors (Lipinski definition) is 1. The van der Waals surface area contributed by atoms with Crippen molar-refractivity contribution in [2.45, 2.75) is 13.1 Å². The first-order chi connectivity index (χ1) is 8.24. The zero-order valence-electron chi connectivity index (χ0n) is 10.1. The lowest BCUT2D eigenvalue weighted by Crippen LogP contribution is -2.08. The maximum absolute atomic E-state index is 4.58. The van der Waals surface area contributed by atoms with Crippen molar-refractivity contribution in [1.29, 1.82) is 0 Å². The molecule has 0 saturated carbocycles. The van der Waals surface area contributed by atoms with Crippen molar-refractivity contribution in [1.82, 2.24) is 15.1 Å². The Morgan fingerprint density at radius 1 is 1.18 bits per heavy atom. The quantitative estimate of drug-likeness (QED) is 0.846. The summed E-state index contributed by atoms with van der Waals surface area (Å²) in [5.41, 5.74) is 4.79. The van der Waals surface area contributed by atoms with Crippen LogP contribution in [0.4, 0.5) is 5.69 Å². The van der Waals surface area contributed by atoms with Crippen LogP contribution in [0.15, 0.2) is 30.5 Å². The van der Waals surface area contributed by atoms with E-state index in [4.69, 9.17) is 0 Å². The molecule has 0 atom stereocenters. The van der Waals surface area contributed by atoms with E-state index < -0.39 is 0 Å². The van der Waals surface area contributed by atoms with Crippen LogP contribution in [0, 0.1) is 0 Å². The monoisotopic (exact) mass is 228 g/mol. The summed E-state index contributed by atoms with van der Waals surface area (Å²) in [4.78, 5) is 2.09. The molecule has 4 heteroatoms. The molecule has 0 saturated heterocycles. The summed E-state index contributed by atoms with van der Waals surface area (Å²) >= 11 is 0. The summed E-state index contributed by atoms with van der Waals surface area (Å²) in [6.45, 7) is 1.82. The Morgan fingerprint density at radius 3 is 2.59 bits per heavy atom. The van der Waals surface area contributed by atoms with Crippen molar-refractivity contribution >= 4 is 5.69 Å². The average molecular weight is 228 g/mol. The van der Waals surface area contributed by atoms with Crippen molar-refractivity contribution in [3.8, 4) is 5.69 Å². The number of anilines is 1. The van der Waals surface area contributed by atoms with Gasteiger partial charge in [-0.05, 0) is 24.3 Å². The Hall–Kier alpha value is -1.81. The fraction of sp³-hybridized carbons (Fsp3) is 0.308. The van der Waals surface area contributed by atoms with E-state index in [2.05, 4.69) is 45.8 Å². The molecule has 2 aromatic rings. The highest BCUT2D eigenvalue weighted by Crippen LogP contribution is 2.18. The molecule has 1 aromatic heterocycles. The fourth-order valence-corrected chi connectivity index (χ4v) is 2.09. The van der Waals surface area contributed by atoms with Gasteiger partial charge >= 0.3 is 0 Å². The highest BCUT2D eigenvalue weighted by molar-refractivity contribution is 5.49. The van der Waals surface area contributed by atoms with E-state index in [1.165, 1.54) is 16.9 Å². The Kier molecular flexibility index (Phi) is 2.37. The molecular formula is C13H16N4. The summed E-state index contributed by atoms with van der Waals surface area (Å²) in [5, 5.41) is 7.86. The maximum Gasteiger partial charge on any atom is 0.0811 e. The minimum Gasteiger partial charge on any atom is -0.378 e. The third kappa shape index (κ3) is 1.80. The predicted molar refractivity (Wildman–Crippen MR) is 68.4 cm³/mol. The van der Waals surface area contributed by atoms with Gasteiger partial charge in [0.2, 0.25) is 0 Å². The summed E-state index contributed by atoms with van der Waals surface area (Å²) < 4.78 is 1.96. The molecule has 0 amide bonds. The third-order valence-corrected chi connectivity index (χ3v) is 3.12. The van der Waals surface area contributed by atoms with Gasteiger partial charge in [-0.25, -0.2) is 4.68 Å². The molecular weight excluding hydrogens is 212 g/mol. The van der Waals surface area contributed by atoms with Crippen LogP contribution in [-0.2, 0) is 13.1 Å². The Balaban J connectivity index is 1.92. The normalized spacial score (nSPS) is 13.8. The molecule has 88 valence electrons. The number of rotatable bonds is 2. The second-order valence-corrected chi connectivity index (χ2v) is 4.56. The van der Waals surface area contributed by atoms with Crippen LogP contribution in [0.2, 0.25) is 0 Å². The lowest BCUT2D eigenvalue weighted by Gasteiger charge is -2.12. The predicted octanol–water partition coefficient (Wildman–Crippen LogP) is 1.54. The zero-order chi connectivity index (χ0) is 11.8. The Labute approximate surface area is 101 Å². The van der Waals surface area contributed by atoms with Crippen LogP contribution in [0.1, 0.15) is 11.3 Å². The first-order valence-electron chi connectivity index (χ1n) is 5.80. The first kappa shape index (κ1) is 10.4. The molecule has 1 aliphatic rings. The van der Waals surface area contributed by atoms with E-state index in [0.29, 0.717) is 0 Å². The summed E-state index contributed by atoms with van der Waals surface area (Å²) in [7, 11) is 4.09. The molecule has 3 rings (SSSR count). The van der Waals surface area contributed by atoms with E-state index in [1.54, 1.807) is 0 Å². The number of aromatic nitrogens is 2. The van der Waals surface area contributed by atoms with Gasteiger partial charge in [-0.2, -0.15) is 5.10 Å². The van der Waals surface area contributed by atoms with Gasteiger partial charge in [0.25, 0.3) is 0 Å². The molecule has 0 fully saturated rings. The van der Waals surface area contributed by atoms with Crippen LogP contribution in [-0.4, -0.2) is 23.9 Å². The van der Waals surface area contributed by atoms with Crippen molar-refractivity contribution in [3.63, 3.8) is 0 Å². The molecule has 17 heavy (non-hydrogen) atoms. The molecule has 0 bridgehead atoms. The van der Waals surface area contributed by atoms with Gasteiger partial charge in [0.1, 0.15) is 0 Å². The number of nitrogens with one attached hydrogen (secondary N) is 1. The van der Waals surface area contributed by atoms with Crippen molar-refractivity contribution in [2.24, 2.45) is 0 Å². The summed E-state index contributed by atoms with van der Waals surface area (Å²) in [6.07, 6.45) is 2.11. The highest BCUT2D eigenvalue weighted by atomic mass is 15.3. The van der Waals surface area contributed by atoms with E-state index in [0.717, 1.165) is 18.8 Å². The fourth-order valence-electron chi connectivity index (χ4n) is 2.09. The van der Waals surface area contributed by atoms with Gasteiger partial charge in [-0.3, -0.25) is 0 Å². The molecule has 0 spiro atoms. The van der Waals surface area contributed by atoms with Crippen molar-refractivity contribution < 1.29 is 0 Å². The summed E-state index contributed by atoms with van der Waals surface area (Å²) in [5.74, 6) is 0. The second kappa shape index (κ2) is 3.89. The molecule has 2 heterocycles. The first-order valence-corrected chi connectivity index (χ1v) is 5.80. The van der Waals surface area contributed by atoms with Crippen LogP contribution in [0.5, 0.6) is 0 Å². The molecule has 1 N–H and O–H groups in total. The van der Waals surface area contributed by atoms with Crippen LogP contribution < -0.4 is 10.2 Å². The van der Waals surface area contributed by atoms with Gasteiger partial charge in [0.05, 0.1) is 11.4 Å². The van der Waals surface area contributed by atoms with Crippen LogP contribution in [0.25, 0.3) is 5.69 Å². The SMILES string of the molecule is CN(C)c1ccc(-n2cc3c(n2)CNC3)cc1. The highest BCUT2D eigenvalue weighted by Gasteiger charge is 2.14.